The van der Waals surface area contributed by atoms with E-state index in [2.05, 4.69) is 9.97 Å². The molecule has 1 aromatic heterocycles. The fourth-order valence-corrected chi connectivity index (χ4v) is 2.42. The SMILES string of the molecule is CC(C)(C)OC(=O)N1CCC(c2ccnc(CN)n2)CC1.Cl. The first kappa shape index (κ1) is 18.6. The van der Waals surface area contributed by atoms with Gasteiger partial charge in [0.1, 0.15) is 11.4 Å². The maximum Gasteiger partial charge on any atom is 0.410 e. The Morgan fingerprint density at radius 2 is 2.05 bits per heavy atom. The number of ether oxygens (including phenoxy) is 1. The first-order valence-electron chi connectivity index (χ1n) is 7.39. The topological polar surface area (TPSA) is 81.3 Å². The fourth-order valence-electron chi connectivity index (χ4n) is 2.42. The van der Waals surface area contributed by atoms with E-state index in [0.29, 0.717) is 31.4 Å². The molecule has 22 heavy (non-hydrogen) atoms. The summed E-state index contributed by atoms with van der Waals surface area (Å²) >= 11 is 0. The molecule has 0 bridgehead atoms. The van der Waals surface area contributed by atoms with Gasteiger partial charge in [-0.15, -0.1) is 12.4 Å². The second kappa shape index (κ2) is 7.74. The number of hydrogen-bond donors (Lipinski definition) is 1. The predicted octanol–water partition coefficient (Wildman–Crippen LogP) is 2.47. The Labute approximate surface area is 137 Å². The van der Waals surface area contributed by atoms with Crippen LogP contribution in [0.15, 0.2) is 12.3 Å². The Morgan fingerprint density at radius 1 is 1.41 bits per heavy atom. The highest BCUT2D eigenvalue weighted by Crippen LogP contribution is 2.27. The van der Waals surface area contributed by atoms with Crippen LogP contribution in [0.2, 0.25) is 0 Å². The third-order valence-electron chi connectivity index (χ3n) is 3.47. The summed E-state index contributed by atoms with van der Waals surface area (Å²) in [7, 11) is 0. The number of carbonyl (C=O) groups is 1. The van der Waals surface area contributed by atoms with Crippen LogP contribution in [-0.2, 0) is 11.3 Å². The second-order valence-electron chi connectivity index (χ2n) is 6.34. The van der Waals surface area contributed by atoms with Crippen molar-refractivity contribution < 1.29 is 9.53 Å². The number of nitrogens with two attached hydrogens (primary N) is 1. The first-order chi connectivity index (χ1) is 9.89. The number of nitrogens with zero attached hydrogens (tertiary/aromatic N) is 3. The van der Waals surface area contributed by atoms with Gasteiger partial charge < -0.3 is 15.4 Å². The molecular formula is C15H25ClN4O2. The summed E-state index contributed by atoms with van der Waals surface area (Å²) in [6, 6.07) is 1.94. The molecule has 1 aliphatic heterocycles. The highest BCUT2D eigenvalue weighted by atomic mass is 35.5. The lowest BCUT2D eigenvalue weighted by atomic mass is 9.93. The van der Waals surface area contributed by atoms with Crippen LogP contribution in [-0.4, -0.2) is 39.7 Å². The minimum Gasteiger partial charge on any atom is -0.444 e. The molecule has 0 unspecified atom stereocenters. The molecule has 1 amide bonds. The van der Waals surface area contributed by atoms with Crippen LogP contribution in [0.5, 0.6) is 0 Å². The van der Waals surface area contributed by atoms with Gasteiger partial charge in [-0.25, -0.2) is 14.8 Å². The monoisotopic (exact) mass is 328 g/mol. The van der Waals surface area contributed by atoms with Gasteiger partial charge in [-0.3, -0.25) is 0 Å². The van der Waals surface area contributed by atoms with Crippen molar-refractivity contribution in [3.05, 3.63) is 23.8 Å². The highest BCUT2D eigenvalue weighted by Gasteiger charge is 2.28. The Bertz CT molecular complexity index is 497. The summed E-state index contributed by atoms with van der Waals surface area (Å²) in [5.41, 5.74) is 6.15. The van der Waals surface area contributed by atoms with Crippen molar-refractivity contribution in [2.75, 3.05) is 13.1 Å². The zero-order valence-corrected chi connectivity index (χ0v) is 14.2. The maximum atomic E-state index is 12.0. The van der Waals surface area contributed by atoms with Crippen LogP contribution in [0.25, 0.3) is 0 Å². The van der Waals surface area contributed by atoms with Gasteiger partial charge in [0.15, 0.2) is 0 Å². The molecule has 2 rings (SSSR count). The molecule has 0 atom stereocenters. The van der Waals surface area contributed by atoms with Gasteiger partial charge in [0.05, 0.1) is 6.54 Å². The molecule has 2 heterocycles. The van der Waals surface area contributed by atoms with Crippen molar-refractivity contribution in [1.82, 2.24) is 14.9 Å². The van der Waals surface area contributed by atoms with Crippen molar-refractivity contribution in [3.8, 4) is 0 Å². The molecule has 1 saturated heterocycles. The van der Waals surface area contributed by atoms with Gasteiger partial charge in [-0.1, -0.05) is 0 Å². The molecule has 2 N–H and O–H groups in total. The lowest BCUT2D eigenvalue weighted by Crippen LogP contribution is -2.41. The zero-order chi connectivity index (χ0) is 15.5. The van der Waals surface area contributed by atoms with E-state index in [-0.39, 0.29) is 18.5 Å². The number of hydrogen-bond acceptors (Lipinski definition) is 5. The van der Waals surface area contributed by atoms with Crippen LogP contribution < -0.4 is 5.73 Å². The van der Waals surface area contributed by atoms with Crippen LogP contribution in [0.1, 0.15) is 51.0 Å². The van der Waals surface area contributed by atoms with Crippen molar-refractivity contribution in [1.29, 1.82) is 0 Å². The molecule has 0 radical (unpaired) electrons. The molecule has 0 saturated carbocycles. The average Bonchev–Trinajstić information content (AvgIpc) is 2.46. The van der Waals surface area contributed by atoms with Crippen LogP contribution in [0, 0.1) is 0 Å². The molecular weight excluding hydrogens is 304 g/mol. The lowest BCUT2D eigenvalue weighted by Gasteiger charge is -2.33. The molecule has 0 aliphatic carbocycles. The van der Waals surface area contributed by atoms with E-state index in [1.807, 2.05) is 26.8 Å². The van der Waals surface area contributed by atoms with E-state index >= 15 is 0 Å². The number of carbonyl (C=O) groups excluding carboxylic acids is 1. The van der Waals surface area contributed by atoms with E-state index in [9.17, 15) is 4.79 Å². The summed E-state index contributed by atoms with van der Waals surface area (Å²) in [6.45, 7) is 7.39. The number of halogens is 1. The van der Waals surface area contributed by atoms with Crippen LogP contribution in [0.3, 0.4) is 0 Å². The average molecular weight is 329 g/mol. The standard InChI is InChI=1S/C15H24N4O2.ClH/c1-15(2,3)21-14(20)19-8-5-11(6-9-19)12-4-7-17-13(10-16)18-12;/h4,7,11H,5-6,8-10,16H2,1-3H3;1H. The van der Waals surface area contributed by atoms with Crippen molar-refractivity contribution >= 4 is 18.5 Å². The summed E-state index contributed by atoms with van der Waals surface area (Å²) in [5.74, 6) is 1.03. The van der Waals surface area contributed by atoms with E-state index in [0.717, 1.165) is 18.5 Å². The van der Waals surface area contributed by atoms with Gasteiger partial charge in [-0.2, -0.15) is 0 Å². The fraction of sp³-hybridized carbons (Fsp3) is 0.667. The molecule has 124 valence electrons. The second-order valence-corrected chi connectivity index (χ2v) is 6.34. The minimum absolute atomic E-state index is 0. The lowest BCUT2D eigenvalue weighted by molar-refractivity contribution is 0.0204. The summed E-state index contributed by atoms with van der Waals surface area (Å²) in [4.78, 5) is 22.4. The zero-order valence-electron chi connectivity index (χ0n) is 13.4. The Hall–Kier alpha value is -1.40. The summed E-state index contributed by atoms with van der Waals surface area (Å²) in [6.07, 6.45) is 3.30. The van der Waals surface area contributed by atoms with Gasteiger partial charge in [0.2, 0.25) is 0 Å². The van der Waals surface area contributed by atoms with Crippen LogP contribution >= 0.6 is 12.4 Å². The largest absolute Gasteiger partial charge is 0.444 e. The predicted molar refractivity (Wildman–Crippen MR) is 87.0 cm³/mol. The van der Waals surface area contributed by atoms with Gasteiger partial charge in [0, 0.05) is 30.9 Å². The Morgan fingerprint density at radius 3 is 2.59 bits per heavy atom. The highest BCUT2D eigenvalue weighted by molar-refractivity contribution is 5.85. The third kappa shape index (κ3) is 5.10. The first-order valence-corrected chi connectivity index (χ1v) is 7.39. The molecule has 0 aromatic carbocycles. The van der Waals surface area contributed by atoms with Crippen LogP contribution in [0.4, 0.5) is 4.79 Å². The van der Waals surface area contributed by atoms with E-state index in [1.54, 1.807) is 11.1 Å². The molecule has 1 aliphatic rings. The molecule has 7 heteroatoms. The van der Waals surface area contributed by atoms with Gasteiger partial charge >= 0.3 is 6.09 Å². The van der Waals surface area contributed by atoms with E-state index in [4.69, 9.17) is 10.5 Å². The molecule has 0 spiro atoms. The Balaban J connectivity index is 0.00000242. The van der Waals surface area contributed by atoms with Crippen molar-refractivity contribution in [2.45, 2.75) is 51.7 Å². The summed E-state index contributed by atoms with van der Waals surface area (Å²) < 4.78 is 5.40. The molecule has 1 aromatic rings. The minimum atomic E-state index is -0.448. The van der Waals surface area contributed by atoms with E-state index in [1.165, 1.54) is 0 Å². The number of aromatic nitrogens is 2. The third-order valence-corrected chi connectivity index (χ3v) is 3.47. The molecule has 1 fully saturated rings. The van der Waals surface area contributed by atoms with Crippen molar-refractivity contribution in [3.63, 3.8) is 0 Å². The van der Waals surface area contributed by atoms with Crippen molar-refractivity contribution in [2.24, 2.45) is 5.73 Å². The number of likely N-dealkylation sites (tertiary alicyclic amines) is 1. The van der Waals surface area contributed by atoms with Gasteiger partial charge in [-0.05, 0) is 39.7 Å². The van der Waals surface area contributed by atoms with E-state index < -0.39 is 5.60 Å². The Kier molecular flexibility index (Phi) is 6.56. The number of amides is 1. The number of piperidine rings is 1. The maximum absolute atomic E-state index is 12.0. The van der Waals surface area contributed by atoms with Gasteiger partial charge in [0.25, 0.3) is 0 Å². The number of rotatable bonds is 2. The summed E-state index contributed by atoms with van der Waals surface area (Å²) in [5, 5.41) is 0. The quantitative estimate of drug-likeness (QED) is 0.902. The smallest absolute Gasteiger partial charge is 0.410 e. The normalized spacial score (nSPS) is 16.1. The molecule has 6 nitrogen and oxygen atoms in total.